The summed E-state index contributed by atoms with van der Waals surface area (Å²) in [6, 6.07) is 4.96. The summed E-state index contributed by atoms with van der Waals surface area (Å²) >= 11 is 0. The molecular weight excluding hydrogens is 276 g/mol. The van der Waals surface area contributed by atoms with Crippen molar-refractivity contribution in [3.8, 4) is 0 Å². The number of hydrogen-bond acceptors (Lipinski definition) is 4. The lowest BCUT2D eigenvalue weighted by atomic mass is 10.1. The van der Waals surface area contributed by atoms with Gasteiger partial charge in [-0.2, -0.15) is 0 Å². The standard InChI is InChI=1S/C13H18N4O2S/c1-2-10-3-4-11(14)7-13(10)20(18,19)17-6-5-12-8-15-9-16-12/h3-4,7-9,17H,2,5-6,14H2,1H3,(H,15,16). The monoisotopic (exact) mass is 294 g/mol. The van der Waals surface area contributed by atoms with Crippen LogP contribution in [0.15, 0.2) is 35.6 Å². The summed E-state index contributed by atoms with van der Waals surface area (Å²) in [6.45, 7) is 2.22. The molecule has 0 bridgehead atoms. The summed E-state index contributed by atoms with van der Waals surface area (Å²) in [4.78, 5) is 7.07. The second-order valence-electron chi connectivity index (χ2n) is 4.45. The average molecular weight is 294 g/mol. The molecule has 0 spiro atoms. The summed E-state index contributed by atoms with van der Waals surface area (Å²) in [7, 11) is -3.54. The van der Waals surface area contributed by atoms with Crippen LogP contribution in [0, 0.1) is 0 Å². The molecule has 0 fully saturated rings. The number of aromatic nitrogens is 2. The van der Waals surface area contributed by atoms with E-state index in [-0.39, 0.29) is 4.90 Å². The molecule has 0 aliphatic carbocycles. The van der Waals surface area contributed by atoms with E-state index in [0.717, 1.165) is 11.3 Å². The fraction of sp³-hybridized carbons (Fsp3) is 0.308. The van der Waals surface area contributed by atoms with Crippen molar-refractivity contribution in [1.29, 1.82) is 0 Å². The van der Waals surface area contributed by atoms with Gasteiger partial charge in [0.25, 0.3) is 0 Å². The molecule has 0 aliphatic rings. The van der Waals surface area contributed by atoms with E-state index in [4.69, 9.17) is 5.73 Å². The van der Waals surface area contributed by atoms with Gasteiger partial charge in [0.2, 0.25) is 10.0 Å². The highest BCUT2D eigenvalue weighted by atomic mass is 32.2. The second-order valence-corrected chi connectivity index (χ2v) is 6.18. The average Bonchev–Trinajstić information content (AvgIpc) is 2.91. The Labute approximate surface area is 118 Å². The van der Waals surface area contributed by atoms with Crippen LogP contribution in [0.3, 0.4) is 0 Å². The van der Waals surface area contributed by atoms with Gasteiger partial charge in [0, 0.05) is 30.5 Å². The van der Waals surface area contributed by atoms with Crippen LogP contribution in [0.5, 0.6) is 0 Å². The van der Waals surface area contributed by atoms with Crippen LogP contribution in [0.1, 0.15) is 18.2 Å². The molecule has 6 nitrogen and oxygen atoms in total. The van der Waals surface area contributed by atoms with Crippen LogP contribution in [-0.4, -0.2) is 24.9 Å². The molecule has 7 heteroatoms. The van der Waals surface area contributed by atoms with Gasteiger partial charge in [-0.1, -0.05) is 13.0 Å². The first kappa shape index (κ1) is 14.5. The maximum atomic E-state index is 12.3. The molecule has 0 unspecified atom stereocenters. The van der Waals surface area contributed by atoms with Crippen LogP contribution in [0.25, 0.3) is 0 Å². The van der Waals surface area contributed by atoms with Crippen LogP contribution in [0.2, 0.25) is 0 Å². The van der Waals surface area contributed by atoms with Crippen LogP contribution in [0.4, 0.5) is 5.69 Å². The van der Waals surface area contributed by atoms with Crippen molar-refractivity contribution in [2.75, 3.05) is 12.3 Å². The largest absolute Gasteiger partial charge is 0.399 e. The highest BCUT2D eigenvalue weighted by Gasteiger charge is 2.17. The molecule has 0 atom stereocenters. The van der Waals surface area contributed by atoms with Crippen molar-refractivity contribution < 1.29 is 8.42 Å². The van der Waals surface area contributed by atoms with Gasteiger partial charge >= 0.3 is 0 Å². The SMILES string of the molecule is CCc1ccc(N)cc1S(=O)(=O)NCCc1cnc[nH]1. The summed E-state index contributed by atoms with van der Waals surface area (Å²) < 4.78 is 27.2. The summed E-state index contributed by atoms with van der Waals surface area (Å²) in [5.41, 5.74) is 7.76. The van der Waals surface area contributed by atoms with Crippen molar-refractivity contribution >= 4 is 15.7 Å². The number of nitrogen functional groups attached to an aromatic ring is 1. The number of hydrogen-bond donors (Lipinski definition) is 3. The maximum absolute atomic E-state index is 12.3. The van der Waals surface area contributed by atoms with Gasteiger partial charge in [0.1, 0.15) is 0 Å². The number of imidazole rings is 1. The Morgan fingerprint density at radius 3 is 2.85 bits per heavy atom. The highest BCUT2D eigenvalue weighted by Crippen LogP contribution is 2.19. The Hall–Kier alpha value is -1.86. The molecule has 0 radical (unpaired) electrons. The minimum atomic E-state index is -3.54. The predicted molar refractivity (Wildman–Crippen MR) is 77.7 cm³/mol. The number of benzene rings is 1. The lowest BCUT2D eigenvalue weighted by Gasteiger charge is -2.11. The molecular formula is C13H18N4O2S. The topological polar surface area (TPSA) is 101 Å². The molecule has 2 rings (SSSR count). The van der Waals surface area contributed by atoms with Gasteiger partial charge in [-0.15, -0.1) is 0 Å². The number of aryl methyl sites for hydroxylation is 1. The van der Waals surface area contributed by atoms with Crippen LogP contribution >= 0.6 is 0 Å². The van der Waals surface area contributed by atoms with E-state index in [1.165, 1.54) is 6.07 Å². The number of nitrogens with two attached hydrogens (primary N) is 1. The Morgan fingerprint density at radius 2 is 2.20 bits per heavy atom. The van der Waals surface area contributed by atoms with E-state index in [1.54, 1.807) is 24.7 Å². The first-order valence-corrected chi connectivity index (χ1v) is 7.86. The molecule has 0 saturated carbocycles. The second kappa shape index (κ2) is 6.06. The highest BCUT2D eigenvalue weighted by molar-refractivity contribution is 7.89. The number of nitrogens with one attached hydrogen (secondary N) is 2. The van der Waals surface area contributed by atoms with Gasteiger partial charge in [-0.05, 0) is 24.1 Å². The number of rotatable bonds is 6. The van der Waals surface area contributed by atoms with Crippen molar-refractivity contribution in [1.82, 2.24) is 14.7 Å². The van der Waals surface area contributed by atoms with E-state index >= 15 is 0 Å². The fourth-order valence-electron chi connectivity index (χ4n) is 1.93. The zero-order chi connectivity index (χ0) is 14.6. The van der Waals surface area contributed by atoms with Crippen molar-refractivity contribution in [3.05, 3.63) is 42.0 Å². The molecule has 0 saturated heterocycles. The Balaban J connectivity index is 2.11. The van der Waals surface area contributed by atoms with E-state index < -0.39 is 10.0 Å². The first-order chi connectivity index (χ1) is 9.53. The molecule has 0 aliphatic heterocycles. The Bertz CT molecular complexity index is 666. The molecule has 1 heterocycles. The smallest absolute Gasteiger partial charge is 0.240 e. The Kier molecular flexibility index (Phi) is 4.41. The van der Waals surface area contributed by atoms with Gasteiger partial charge in [-0.25, -0.2) is 18.1 Å². The van der Waals surface area contributed by atoms with Crippen LogP contribution in [-0.2, 0) is 22.9 Å². The summed E-state index contributed by atoms with van der Waals surface area (Å²) in [5, 5.41) is 0. The lowest BCUT2D eigenvalue weighted by Crippen LogP contribution is -2.27. The number of sulfonamides is 1. The minimum Gasteiger partial charge on any atom is -0.399 e. The van der Waals surface area contributed by atoms with E-state index in [0.29, 0.717) is 25.1 Å². The molecule has 2 aromatic rings. The number of H-pyrrole nitrogens is 1. The molecule has 108 valence electrons. The number of aromatic amines is 1. The minimum absolute atomic E-state index is 0.254. The summed E-state index contributed by atoms with van der Waals surface area (Å²) in [5.74, 6) is 0. The van der Waals surface area contributed by atoms with Gasteiger partial charge in [0.05, 0.1) is 11.2 Å². The molecule has 0 amide bonds. The summed E-state index contributed by atoms with van der Waals surface area (Å²) in [6.07, 6.45) is 4.43. The molecule has 1 aromatic heterocycles. The normalized spacial score (nSPS) is 11.7. The zero-order valence-electron chi connectivity index (χ0n) is 11.3. The molecule has 4 N–H and O–H groups in total. The fourth-order valence-corrected chi connectivity index (χ4v) is 3.31. The Morgan fingerprint density at radius 1 is 1.40 bits per heavy atom. The third-order valence-electron chi connectivity index (χ3n) is 3.00. The third-order valence-corrected chi connectivity index (χ3v) is 4.55. The third kappa shape index (κ3) is 3.37. The van der Waals surface area contributed by atoms with Crippen LogP contribution < -0.4 is 10.5 Å². The first-order valence-electron chi connectivity index (χ1n) is 6.38. The lowest BCUT2D eigenvalue weighted by molar-refractivity contribution is 0.580. The van der Waals surface area contributed by atoms with Crippen molar-refractivity contribution in [2.24, 2.45) is 0 Å². The van der Waals surface area contributed by atoms with E-state index in [2.05, 4.69) is 14.7 Å². The molecule has 20 heavy (non-hydrogen) atoms. The van der Waals surface area contributed by atoms with Gasteiger partial charge in [0.15, 0.2) is 0 Å². The predicted octanol–water partition coefficient (Wildman–Crippen LogP) is 1.08. The van der Waals surface area contributed by atoms with Gasteiger partial charge in [-0.3, -0.25) is 0 Å². The van der Waals surface area contributed by atoms with Crippen molar-refractivity contribution in [2.45, 2.75) is 24.7 Å². The number of nitrogens with zero attached hydrogens (tertiary/aromatic N) is 1. The van der Waals surface area contributed by atoms with Crippen molar-refractivity contribution in [3.63, 3.8) is 0 Å². The van der Waals surface area contributed by atoms with Gasteiger partial charge < -0.3 is 10.7 Å². The number of anilines is 1. The van der Waals surface area contributed by atoms with E-state index in [9.17, 15) is 8.42 Å². The zero-order valence-corrected chi connectivity index (χ0v) is 12.1. The van der Waals surface area contributed by atoms with E-state index in [1.807, 2.05) is 6.92 Å². The molecule has 1 aromatic carbocycles. The quantitative estimate of drug-likeness (QED) is 0.694. The maximum Gasteiger partial charge on any atom is 0.240 e.